The van der Waals surface area contributed by atoms with Gasteiger partial charge < -0.3 is 24.4 Å². The first-order valence-corrected chi connectivity index (χ1v) is 15.6. The number of hydrogen-bond acceptors (Lipinski definition) is 7. The van der Waals surface area contributed by atoms with Gasteiger partial charge in [-0.15, -0.1) is 0 Å². The summed E-state index contributed by atoms with van der Waals surface area (Å²) < 4.78 is 12.4. The Morgan fingerprint density at radius 3 is 1.98 bits per heavy atom. The van der Waals surface area contributed by atoms with Crippen molar-refractivity contribution in [2.45, 2.75) is 45.9 Å². The van der Waals surface area contributed by atoms with Crippen LogP contribution in [0.3, 0.4) is 0 Å². The summed E-state index contributed by atoms with van der Waals surface area (Å²) in [6.07, 6.45) is 4.07. The Hall–Kier alpha value is -5.09. The number of nitrogens with zero attached hydrogens (tertiary/aromatic N) is 4. The number of aromatic nitrogens is 1. The molecule has 2 radical (unpaired) electrons. The van der Waals surface area contributed by atoms with Gasteiger partial charge in [-0.25, -0.2) is 0 Å². The molecule has 1 aliphatic rings. The van der Waals surface area contributed by atoms with Gasteiger partial charge in [0.25, 0.3) is 6.47 Å². The molecule has 250 valence electrons. The lowest BCUT2D eigenvalue weighted by Gasteiger charge is -2.38. The van der Waals surface area contributed by atoms with Crippen molar-refractivity contribution in [3.8, 4) is 11.8 Å². The van der Waals surface area contributed by atoms with Crippen LogP contribution >= 0.6 is 0 Å². The summed E-state index contributed by atoms with van der Waals surface area (Å²) in [7, 11) is 3.79. The standard InChI is InChI=1S/C37H42N4O3.CH2O2.BH/c1-37(2,3)41-23-21-30(22-24-41)31-17-12-18-32(35(31)39(4)27-42)40(5)33-19-20-34(43-25-28-13-8-6-9-14-28)38-36(33)44-26-29-15-10-7-11-16-29;2-1-3;/h6-21,27H,22-26H2,1-5H3;1H,(H,2,3);1H. The van der Waals surface area contributed by atoms with Gasteiger partial charge in [-0.05, 0) is 56.0 Å². The molecule has 0 spiro atoms. The minimum absolute atomic E-state index is 0. The predicted molar refractivity (Wildman–Crippen MR) is 195 cm³/mol. The second-order valence-corrected chi connectivity index (χ2v) is 12.2. The van der Waals surface area contributed by atoms with E-state index >= 15 is 0 Å². The first-order chi connectivity index (χ1) is 22.7. The van der Waals surface area contributed by atoms with Crippen LogP contribution in [0.4, 0.5) is 17.1 Å². The summed E-state index contributed by atoms with van der Waals surface area (Å²) in [6.45, 7) is 9.08. The van der Waals surface area contributed by atoms with Crippen LogP contribution < -0.4 is 19.3 Å². The van der Waals surface area contributed by atoms with Crippen molar-refractivity contribution in [3.05, 3.63) is 114 Å². The third-order valence-corrected chi connectivity index (χ3v) is 8.01. The van der Waals surface area contributed by atoms with Crippen LogP contribution in [0.5, 0.6) is 11.8 Å². The molecule has 0 fully saturated rings. The molecule has 0 atom stereocenters. The minimum atomic E-state index is -0.250. The smallest absolute Gasteiger partial charge is 0.290 e. The topological polar surface area (TPSA) is 95.4 Å². The SMILES string of the molecule is CN(C=O)c1c(C2=CCN(C(C)(C)C)CC2)cccc1N(C)c1ccc(OCc2ccccc2)nc1OCc1ccccc1.O=CO.[BH]. The summed E-state index contributed by atoms with van der Waals surface area (Å²) in [5, 5.41) is 6.89. The molecular formula is C38H45BN4O5. The van der Waals surface area contributed by atoms with Crippen LogP contribution in [0.1, 0.15) is 43.9 Å². The van der Waals surface area contributed by atoms with Crippen LogP contribution in [0.25, 0.3) is 5.57 Å². The van der Waals surface area contributed by atoms with E-state index in [2.05, 4.69) is 43.9 Å². The summed E-state index contributed by atoms with van der Waals surface area (Å²) in [5.74, 6) is 0.925. The molecule has 1 aromatic heterocycles. The Bertz CT molecular complexity index is 1640. The zero-order chi connectivity index (χ0) is 33.8. The molecule has 10 heteroatoms. The fraction of sp³-hybridized carbons (Fsp3) is 0.289. The Labute approximate surface area is 286 Å². The van der Waals surface area contributed by atoms with Crippen molar-refractivity contribution in [3.63, 3.8) is 0 Å². The summed E-state index contributed by atoms with van der Waals surface area (Å²) in [4.78, 5) is 31.6. The molecule has 5 rings (SSSR count). The maximum atomic E-state index is 12.2. The quantitative estimate of drug-likeness (QED) is 0.145. The van der Waals surface area contributed by atoms with E-state index in [1.807, 2.05) is 90.8 Å². The number of carbonyl (C=O) groups excluding carboxylic acids is 1. The molecule has 9 nitrogen and oxygen atoms in total. The average molecular weight is 649 g/mol. The minimum Gasteiger partial charge on any atom is -0.483 e. The van der Waals surface area contributed by atoms with E-state index < -0.39 is 0 Å². The number of pyridine rings is 1. The van der Waals surface area contributed by atoms with Crippen molar-refractivity contribution in [1.29, 1.82) is 0 Å². The Morgan fingerprint density at radius 1 is 0.833 bits per heavy atom. The van der Waals surface area contributed by atoms with Crippen molar-refractivity contribution >= 4 is 43.9 Å². The lowest BCUT2D eigenvalue weighted by Crippen LogP contribution is -2.43. The monoisotopic (exact) mass is 648 g/mol. The molecule has 0 saturated heterocycles. The summed E-state index contributed by atoms with van der Waals surface area (Å²) in [5.41, 5.74) is 6.99. The number of rotatable bonds is 11. The lowest BCUT2D eigenvalue weighted by atomic mass is 9.94. The average Bonchev–Trinajstić information content (AvgIpc) is 3.10. The number of anilines is 3. The normalized spacial score (nSPS) is 12.7. The van der Waals surface area contributed by atoms with Gasteiger partial charge in [-0.2, -0.15) is 4.98 Å². The molecular weight excluding hydrogens is 603 g/mol. The Morgan fingerprint density at radius 2 is 1.44 bits per heavy atom. The van der Waals surface area contributed by atoms with Crippen LogP contribution in [-0.4, -0.2) is 69.0 Å². The highest BCUT2D eigenvalue weighted by Gasteiger charge is 2.26. The maximum absolute atomic E-state index is 12.2. The van der Waals surface area contributed by atoms with Gasteiger partial charge in [0, 0.05) is 52.8 Å². The van der Waals surface area contributed by atoms with Gasteiger partial charge in [0.1, 0.15) is 18.9 Å². The summed E-state index contributed by atoms with van der Waals surface area (Å²) >= 11 is 0. The summed E-state index contributed by atoms with van der Waals surface area (Å²) in [6, 6.07) is 30.1. The molecule has 0 bridgehead atoms. The van der Waals surface area contributed by atoms with Crippen molar-refractivity contribution in [2.24, 2.45) is 0 Å². The first-order valence-electron chi connectivity index (χ1n) is 15.6. The van der Waals surface area contributed by atoms with Crippen LogP contribution in [0.15, 0.2) is 97.1 Å². The number of hydrogen-bond donors (Lipinski definition) is 1. The van der Waals surface area contributed by atoms with Gasteiger partial charge in [-0.1, -0.05) is 78.9 Å². The molecule has 2 heterocycles. The van der Waals surface area contributed by atoms with Gasteiger partial charge in [0.15, 0.2) is 0 Å². The number of amides is 1. The molecule has 0 aliphatic carbocycles. The Kier molecular flexibility index (Phi) is 13.8. The Balaban J connectivity index is 0.00000151. The molecule has 1 N–H and O–H groups in total. The first kappa shape index (κ1) is 37.4. The van der Waals surface area contributed by atoms with E-state index in [9.17, 15) is 4.79 Å². The number of para-hydroxylation sites is 1. The molecule has 3 aromatic carbocycles. The third-order valence-electron chi connectivity index (χ3n) is 8.01. The van der Waals surface area contributed by atoms with Crippen molar-refractivity contribution < 1.29 is 24.2 Å². The maximum Gasteiger partial charge on any atom is 0.290 e. The second-order valence-electron chi connectivity index (χ2n) is 12.2. The molecule has 1 amide bonds. The number of carbonyl (C=O) groups is 2. The second kappa shape index (κ2) is 17.7. The fourth-order valence-electron chi connectivity index (χ4n) is 5.45. The molecule has 4 aromatic rings. The molecule has 1 aliphatic heterocycles. The molecule has 0 saturated carbocycles. The van der Waals surface area contributed by atoms with Gasteiger partial charge in [0.05, 0.1) is 11.4 Å². The number of ether oxygens (including phenoxy) is 2. The van der Waals surface area contributed by atoms with Crippen LogP contribution in [0, 0.1) is 0 Å². The van der Waals surface area contributed by atoms with Crippen molar-refractivity contribution in [1.82, 2.24) is 9.88 Å². The van der Waals surface area contributed by atoms with E-state index in [1.54, 1.807) is 11.9 Å². The van der Waals surface area contributed by atoms with Gasteiger partial charge in [0.2, 0.25) is 18.2 Å². The van der Waals surface area contributed by atoms with Gasteiger partial charge in [-0.3, -0.25) is 14.5 Å². The van der Waals surface area contributed by atoms with E-state index in [1.165, 1.54) is 5.57 Å². The number of benzene rings is 3. The molecule has 48 heavy (non-hydrogen) atoms. The van der Waals surface area contributed by atoms with Crippen LogP contribution in [0.2, 0.25) is 0 Å². The zero-order valence-corrected chi connectivity index (χ0v) is 28.5. The number of carboxylic acid groups (broad SMARTS) is 1. The van der Waals surface area contributed by atoms with E-state index in [4.69, 9.17) is 24.4 Å². The zero-order valence-electron chi connectivity index (χ0n) is 28.5. The fourth-order valence-corrected chi connectivity index (χ4v) is 5.45. The van der Waals surface area contributed by atoms with Gasteiger partial charge >= 0.3 is 0 Å². The largest absolute Gasteiger partial charge is 0.483 e. The van der Waals surface area contributed by atoms with E-state index in [0.717, 1.165) is 59.7 Å². The predicted octanol–water partition coefficient (Wildman–Crippen LogP) is 6.54. The lowest BCUT2D eigenvalue weighted by molar-refractivity contribution is -0.122. The van der Waals surface area contributed by atoms with E-state index in [-0.39, 0.29) is 20.4 Å². The third kappa shape index (κ3) is 9.71. The van der Waals surface area contributed by atoms with Crippen LogP contribution in [-0.2, 0) is 22.8 Å². The highest BCUT2D eigenvalue weighted by Crippen LogP contribution is 2.42. The van der Waals surface area contributed by atoms with E-state index in [0.29, 0.717) is 25.0 Å². The van der Waals surface area contributed by atoms with Crippen molar-refractivity contribution in [2.75, 3.05) is 37.0 Å². The highest BCUT2D eigenvalue weighted by molar-refractivity contribution is 5.94. The highest BCUT2D eigenvalue weighted by atomic mass is 16.5. The molecule has 0 unspecified atom stereocenters.